The van der Waals surface area contributed by atoms with Gasteiger partial charge in [0.1, 0.15) is 0 Å². The summed E-state index contributed by atoms with van der Waals surface area (Å²) in [5, 5.41) is 13.5. The zero-order chi connectivity index (χ0) is 13.8. The lowest BCUT2D eigenvalue weighted by Crippen LogP contribution is -2.18. The van der Waals surface area contributed by atoms with E-state index in [0.717, 1.165) is 30.7 Å². The molecular weight excluding hydrogens is 250 g/mol. The highest BCUT2D eigenvalue weighted by atomic mass is 16.3. The zero-order valence-electron chi connectivity index (χ0n) is 11.0. The van der Waals surface area contributed by atoms with Crippen molar-refractivity contribution in [1.29, 1.82) is 5.26 Å². The molecule has 0 amide bonds. The fourth-order valence-corrected chi connectivity index (χ4v) is 2.27. The maximum absolute atomic E-state index is 8.96. The lowest BCUT2D eigenvalue weighted by molar-refractivity contribution is 0.557. The first-order valence-electron chi connectivity index (χ1n) is 6.57. The van der Waals surface area contributed by atoms with E-state index in [4.69, 9.17) is 9.68 Å². The Morgan fingerprint density at radius 3 is 3.00 bits per heavy atom. The first kappa shape index (κ1) is 12.5. The molecule has 1 aromatic carbocycles. The molecule has 3 rings (SSSR count). The monoisotopic (exact) mass is 265 g/mol. The predicted molar refractivity (Wildman–Crippen MR) is 77.1 cm³/mol. The van der Waals surface area contributed by atoms with Crippen LogP contribution in [0.5, 0.6) is 0 Å². The number of benzene rings is 1. The van der Waals surface area contributed by atoms with Gasteiger partial charge in [-0.3, -0.25) is 0 Å². The van der Waals surface area contributed by atoms with Crippen LogP contribution in [0.1, 0.15) is 11.1 Å². The van der Waals surface area contributed by atoms with Gasteiger partial charge in [-0.25, -0.2) is 0 Å². The highest BCUT2D eigenvalue weighted by Crippen LogP contribution is 2.17. The van der Waals surface area contributed by atoms with E-state index < -0.39 is 0 Å². The van der Waals surface area contributed by atoms with Crippen LogP contribution in [0, 0.1) is 11.3 Å². The third-order valence-electron chi connectivity index (χ3n) is 3.34. The van der Waals surface area contributed by atoms with Crippen molar-refractivity contribution < 1.29 is 4.42 Å². The van der Waals surface area contributed by atoms with Crippen LogP contribution in [-0.4, -0.2) is 11.1 Å². The number of fused-ring (bicyclic) bond motifs is 1. The average molecular weight is 265 g/mol. The van der Waals surface area contributed by atoms with E-state index in [2.05, 4.69) is 28.2 Å². The van der Waals surface area contributed by atoms with Gasteiger partial charge in [0, 0.05) is 36.9 Å². The molecule has 0 atom stereocenters. The normalized spacial score (nSPS) is 10.8. The summed E-state index contributed by atoms with van der Waals surface area (Å²) in [6.07, 6.45) is 5.49. The molecule has 4 nitrogen and oxygen atoms in total. The molecule has 0 aliphatic carbocycles. The van der Waals surface area contributed by atoms with E-state index >= 15 is 0 Å². The Balaban J connectivity index is 1.64. The van der Waals surface area contributed by atoms with Crippen molar-refractivity contribution >= 4 is 10.9 Å². The van der Waals surface area contributed by atoms with Crippen molar-refractivity contribution in [2.75, 3.05) is 6.54 Å². The Morgan fingerprint density at radius 2 is 2.20 bits per heavy atom. The summed E-state index contributed by atoms with van der Waals surface area (Å²) in [5.41, 5.74) is 2.95. The Kier molecular flexibility index (Phi) is 3.53. The van der Waals surface area contributed by atoms with Gasteiger partial charge in [-0.15, -0.1) is 0 Å². The van der Waals surface area contributed by atoms with Gasteiger partial charge in [0.15, 0.2) is 0 Å². The SMILES string of the molecule is N#Cc1ccc2ccn(CCNCc3ccoc3)c2c1. The van der Waals surface area contributed by atoms with Crippen LogP contribution in [0.3, 0.4) is 0 Å². The van der Waals surface area contributed by atoms with Crippen LogP contribution in [0.4, 0.5) is 0 Å². The lowest BCUT2D eigenvalue weighted by atomic mass is 10.2. The van der Waals surface area contributed by atoms with Crippen molar-refractivity contribution in [3.05, 3.63) is 60.2 Å². The summed E-state index contributed by atoms with van der Waals surface area (Å²) in [4.78, 5) is 0. The molecule has 0 aliphatic heterocycles. The molecule has 100 valence electrons. The summed E-state index contributed by atoms with van der Waals surface area (Å²) in [7, 11) is 0. The van der Waals surface area contributed by atoms with E-state index in [9.17, 15) is 0 Å². The molecule has 0 radical (unpaired) electrons. The van der Waals surface area contributed by atoms with E-state index in [1.807, 2.05) is 24.3 Å². The molecular formula is C16H15N3O. The van der Waals surface area contributed by atoms with Crippen LogP contribution < -0.4 is 5.32 Å². The van der Waals surface area contributed by atoms with Gasteiger partial charge in [-0.05, 0) is 29.7 Å². The maximum atomic E-state index is 8.96. The molecule has 4 heteroatoms. The van der Waals surface area contributed by atoms with Crippen LogP contribution in [0.2, 0.25) is 0 Å². The average Bonchev–Trinajstić information content (AvgIpc) is 3.13. The molecule has 0 spiro atoms. The Hall–Kier alpha value is -2.51. The van der Waals surface area contributed by atoms with Crippen LogP contribution in [-0.2, 0) is 13.1 Å². The van der Waals surface area contributed by atoms with E-state index in [-0.39, 0.29) is 0 Å². The number of hydrogen-bond donors (Lipinski definition) is 1. The minimum absolute atomic E-state index is 0.698. The van der Waals surface area contributed by atoms with Gasteiger partial charge in [-0.2, -0.15) is 5.26 Å². The number of nitriles is 1. The Labute approximate surface area is 117 Å². The molecule has 0 unspecified atom stereocenters. The Morgan fingerprint density at radius 1 is 1.25 bits per heavy atom. The number of hydrogen-bond acceptors (Lipinski definition) is 3. The van der Waals surface area contributed by atoms with Crippen LogP contribution in [0.15, 0.2) is 53.5 Å². The predicted octanol–water partition coefficient (Wildman–Crippen LogP) is 2.90. The second kappa shape index (κ2) is 5.64. The number of rotatable bonds is 5. The fourth-order valence-electron chi connectivity index (χ4n) is 2.27. The first-order valence-corrected chi connectivity index (χ1v) is 6.57. The van der Waals surface area contributed by atoms with Gasteiger partial charge in [0.25, 0.3) is 0 Å². The zero-order valence-corrected chi connectivity index (χ0v) is 11.0. The minimum Gasteiger partial charge on any atom is -0.472 e. The topological polar surface area (TPSA) is 53.9 Å². The summed E-state index contributed by atoms with van der Waals surface area (Å²) in [5.74, 6) is 0. The largest absolute Gasteiger partial charge is 0.472 e. The quantitative estimate of drug-likeness (QED) is 0.722. The van der Waals surface area contributed by atoms with Crippen molar-refractivity contribution in [2.24, 2.45) is 0 Å². The smallest absolute Gasteiger partial charge is 0.0992 e. The highest BCUT2D eigenvalue weighted by molar-refractivity contribution is 5.81. The summed E-state index contributed by atoms with van der Waals surface area (Å²) in [6.45, 7) is 2.54. The van der Waals surface area contributed by atoms with Crippen molar-refractivity contribution in [2.45, 2.75) is 13.1 Å². The van der Waals surface area contributed by atoms with E-state index in [0.29, 0.717) is 5.56 Å². The second-order valence-electron chi connectivity index (χ2n) is 4.70. The van der Waals surface area contributed by atoms with Crippen LogP contribution >= 0.6 is 0 Å². The van der Waals surface area contributed by atoms with Crippen molar-refractivity contribution in [1.82, 2.24) is 9.88 Å². The van der Waals surface area contributed by atoms with Gasteiger partial charge in [0.2, 0.25) is 0 Å². The summed E-state index contributed by atoms with van der Waals surface area (Å²) >= 11 is 0. The fraction of sp³-hybridized carbons (Fsp3) is 0.188. The maximum Gasteiger partial charge on any atom is 0.0992 e. The standard InChI is InChI=1S/C16H15N3O/c17-10-13-1-2-15-3-6-19(16(15)9-13)7-5-18-11-14-4-8-20-12-14/h1-4,6,8-9,12,18H,5,7,11H2. The number of nitrogens with one attached hydrogen (secondary N) is 1. The molecule has 0 aliphatic rings. The molecule has 2 aromatic heterocycles. The minimum atomic E-state index is 0.698. The molecule has 0 saturated heterocycles. The van der Waals surface area contributed by atoms with Crippen LogP contribution in [0.25, 0.3) is 10.9 Å². The van der Waals surface area contributed by atoms with Crippen molar-refractivity contribution in [3.8, 4) is 6.07 Å². The van der Waals surface area contributed by atoms with Gasteiger partial charge < -0.3 is 14.3 Å². The third kappa shape index (κ3) is 2.58. The lowest BCUT2D eigenvalue weighted by Gasteiger charge is -2.06. The second-order valence-corrected chi connectivity index (χ2v) is 4.70. The number of nitrogens with zero attached hydrogens (tertiary/aromatic N) is 2. The highest BCUT2D eigenvalue weighted by Gasteiger charge is 2.02. The van der Waals surface area contributed by atoms with Gasteiger partial charge in [0.05, 0.1) is 24.2 Å². The third-order valence-corrected chi connectivity index (χ3v) is 3.34. The van der Waals surface area contributed by atoms with Gasteiger partial charge >= 0.3 is 0 Å². The molecule has 3 aromatic rings. The summed E-state index contributed by atoms with van der Waals surface area (Å²) in [6, 6.07) is 12.0. The number of furan rings is 1. The molecule has 1 N–H and O–H groups in total. The Bertz CT molecular complexity index is 735. The first-order chi connectivity index (χ1) is 9.86. The molecule has 0 fully saturated rings. The number of aromatic nitrogens is 1. The molecule has 20 heavy (non-hydrogen) atoms. The van der Waals surface area contributed by atoms with Crippen molar-refractivity contribution in [3.63, 3.8) is 0 Å². The van der Waals surface area contributed by atoms with Gasteiger partial charge in [-0.1, -0.05) is 6.07 Å². The molecule has 2 heterocycles. The van der Waals surface area contributed by atoms with E-state index in [1.165, 1.54) is 5.39 Å². The molecule has 0 bridgehead atoms. The summed E-state index contributed by atoms with van der Waals surface area (Å²) < 4.78 is 7.19. The molecule has 0 saturated carbocycles. The van der Waals surface area contributed by atoms with E-state index in [1.54, 1.807) is 12.5 Å².